The first kappa shape index (κ1) is 91.2. The largest absolute Gasteiger partial charge is 0.371 e. The molecule has 640 valence electrons. The number of amides is 8. The van der Waals surface area contributed by atoms with E-state index >= 15 is 0 Å². The fourth-order valence-corrected chi connectivity index (χ4v) is 19.8. The van der Waals surface area contributed by atoms with Gasteiger partial charge in [0.2, 0.25) is 40.1 Å². The van der Waals surface area contributed by atoms with E-state index in [1.807, 2.05) is 47.2 Å². The summed E-state index contributed by atoms with van der Waals surface area (Å²) in [7, 11) is -5.54. The summed E-state index contributed by atoms with van der Waals surface area (Å²) in [6.45, 7) is 13.5. The zero-order valence-corrected chi connectivity index (χ0v) is 71.6. The van der Waals surface area contributed by atoms with E-state index in [9.17, 15) is 70.8 Å². The van der Waals surface area contributed by atoms with Crippen molar-refractivity contribution in [2.24, 2.45) is 0 Å². The van der Waals surface area contributed by atoms with Crippen molar-refractivity contribution in [1.82, 2.24) is 58.1 Å². The normalized spacial score (nSPS) is 19.9. The smallest absolute Gasteiger partial charge is 0.317 e. The molecule has 8 heterocycles. The zero-order valence-electron chi connectivity index (χ0n) is 68.3. The van der Waals surface area contributed by atoms with Crippen LogP contribution in [0.25, 0.3) is 0 Å². The molecule has 115 heavy (non-hydrogen) atoms. The van der Waals surface area contributed by atoms with Crippen LogP contribution in [0.4, 0.5) is 55.1 Å². The summed E-state index contributed by atoms with van der Waals surface area (Å²) >= 11 is 0. The average Bonchev–Trinajstić information content (AvgIpc) is 0.808. The third-order valence-corrected chi connectivity index (χ3v) is 29.1. The Kier molecular flexibility index (Phi) is 32.6. The number of carbonyl (C=O) groups excluding carboxylic acids is 5. The maximum Gasteiger partial charge on any atom is 0.317 e. The molecule has 0 bridgehead atoms. The summed E-state index contributed by atoms with van der Waals surface area (Å²) in [4.78, 5) is 77.7. The number of benzene rings is 4. The van der Waals surface area contributed by atoms with Crippen molar-refractivity contribution < 1.29 is 70.8 Å². The van der Waals surface area contributed by atoms with Crippen LogP contribution in [0.2, 0.25) is 0 Å². The van der Waals surface area contributed by atoms with Crippen LogP contribution in [0.3, 0.4) is 0 Å². The van der Waals surface area contributed by atoms with E-state index in [0.717, 1.165) is 76.5 Å². The van der Waals surface area contributed by atoms with Crippen molar-refractivity contribution in [1.29, 1.82) is 0 Å². The van der Waals surface area contributed by atoms with E-state index in [4.69, 9.17) is 0 Å². The summed E-state index contributed by atoms with van der Waals surface area (Å²) in [5.74, 6) is -1.88. The first-order valence-electron chi connectivity index (χ1n) is 40.1. The number of hydrogen-bond acceptors (Lipinski definition) is 17. The van der Waals surface area contributed by atoms with Crippen LogP contribution in [0.1, 0.15) is 126 Å². The Balaban J connectivity index is 0.000000175. The number of rotatable bonds is 17. The molecule has 0 spiro atoms. The fraction of sp³-hybridized carbons (Fsp3) is 0.633. The maximum absolute atomic E-state index is 13.9. The first-order valence-corrected chi connectivity index (χ1v) is 47.5. The van der Waals surface area contributed by atoms with Crippen molar-refractivity contribution in [3.63, 3.8) is 0 Å². The standard InChI is InChI=1S/C21H32N4O4S.C20H32N4O3S.C19H28F2N4O3S.C19H29FN4O3S/c1-16(26)17-5-4-6-20(15-17)24-11-7-18(8-12-24)22-21(27)23(2)19-9-13-25(14-10-19)30(3,28)29;1-16-6-4-5-7-19(16)23-12-8-17(9-13-23)21-20(25)22(2)18-10-14-24(15-11-18)28(3,26)27;1-23(15-7-11-25(12-8-15)29(2,27)28)19(26)22-14-5-9-24(10-6-14)16-3-4-17(20)18(21)13-16;1-22(16-9-13-24(14-10-16)28(2,26)27)19(25)21-15-7-11-23(12-8-15)18-6-4-3-5-17(18)20/h4-6,15,18-19H,7-14H2,1-3H3,(H,22,27);4-7,17-18H,8-15H2,1-3H3,(H,21,25);3-4,13-15H,5-12H2,1-2H3,(H,22,26);3-6,15-16H,7-14H2,1-2H3,(H,21,25). The number of carbonyl (C=O) groups is 5. The van der Waals surface area contributed by atoms with Crippen molar-refractivity contribution in [2.45, 2.75) is 165 Å². The van der Waals surface area contributed by atoms with Crippen molar-refractivity contribution in [2.75, 3.05) is 178 Å². The van der Waals surface area contributed by atoms with Crippen molar-refractivity contribution in [3.8, 4) is 0 Å². The number of ketones is 1. The lowest BCUT2D eigenvalue weighted by Gasteiger charge is -2.38. The molecular weight excluding hydrogens is 1570 g/mol. The second kappa shape index (κ2) is 41.1. The van der Waals surface area contributed by atoms with Crippen LogP contribution in [0.5, 0.6) is 0 Å². The van der Waals surface area contributed by atoms with Gasteiger partial charge in [-0.1, -0.05) is 42.5 Å². The molecule has 0 radical (unpaired) electrons. The number of aryl methyl sites for hydroxylation is 1. The topological polar surface area (TPSA) is 309 Å². The number of anilines is 4. The van der Waals surface area contributed by atoms with Crippen molar-refractivity contribution >= 4 is 92.8 Å². The number of Topliss-reactive ketones (excluding diaryl/α,β-unsaturated/α-hetero) is 1. The number of hydrogen-bond donors (Lipinski definition) is 4. The lowest BCUT2D eigenvalue weighted by atomic mass is 10.0. The summed E-state index contributed by atoms with van der Waals surface area (Å²) < 4.78 is 139. The minimum Gasteiger partial charge on any atom is -0.371 e. The Morgan fingerprint density at radius 2 is 0.617 bits per heavy atom. The molecule has 29 nitrogen and oxygen atoms in total. The minimum absolute atomic E-state index is 0.00952. The van der Waals surface area contributed by atoms with Crippen molar-refractivity contribution in [3.05, 3.63) is 120 Å². The van der Waals surface area contributed by atoms with Crippen LogP contribution in [0.15, 0.2) is 91.0 Å². The molecule has 0 atom stereocenters. The predicted molar refractivity (Wildman–Crippen MR) is 444 cm³/mol. The van der Waals surface area contributed by atoms with Gasteiger partial charge in [0.05, 0.1) is 30.7 Å². The molecule has 8 amide bonds. The zero-order chi connectivity index (χ0) is 83.7. The van der Waals surface area contributed by atoms with Crippen LogP contribution in [-0.4, -0.2) is 307 Å². The van der Waals surface area contributed by atoms with Gasteiger partial charge in [-0.15, -0.1) is 0 Å². The second-order valence-electron chi connectivity index (χ2n) is 31.8. The number of sulfonamides is 4. The molecule has 36 heteroatoms. The molecule has 0 saturated carbocycles. The van der Waals surface area contributed by atoms with E-state index in [1.165, 1.54) is 65.6 Å². The number of para-hydroxylation sites is 2. The predicted octanol–water partition coefficient (Wildman–Crippen LogP) is 7.81. The quantitative estimate of drug-likeness (QED) is 0.0732. The van der Waals surface area contributed by atoms with Gasteiger partial charge in [0.1, 0.15) is 5.82 Å². The van der Waals surface area contributed by atoms with E-state index in [2.05, 4.69) is 62.3 Å². The molecule has 8 fully saturated rings. The van der Waals surface area contributed by atoms with Gasteiger partial charge in [0.25, 0.3) is 0 Å². The van der Waals surface area contributed by atoms with Gasteiger partial charge in [-0.3, -0.25) is 4.79 Å². The van der Waals surface area contributed by atoms with E-state index in [-0.39, 0.29) is 84.1 Å². The van der Waals surface area contributed by atoms with Crippen LogP contribution < -0.4 is 40.9 Å². The molecule has 4 N–H and O–H groups in total. The Bertz CT molecular complexity index is 4250. The second-order valence-corrected chi connectivity index (χ2v) is 39.7. The average molecular weight is 1690 g/mol. The third kappa shape index (κ3) is 26.4. The highest BCUT2D eigenvalue weighted by Gasteiger charge is 2.36. The molecule has 0 unspecified atom stereocenters. The highest BCUT2D eigenvalue weighted by atomic mass is 32.2. The molecule has 8 aliphatic heterocycles. The summed E-state index contributed by atoms with van der Waals surface area (Å²) in [6.07, 6.45) is 16.6. The van der Waals surface area contributed by atoms with Gasteiger partial charge in [-0.25, -0.2) is 83.2 Å². The lowest BCUT2D eigenvalue weighted by molar-refractivity contribution is 0.101. The Labute approximate surface area is 679 Å². The fourth-order valence-electron chi connectivity index (χ4n) is 16.3. The summed E-state index contributed by atoms with van der Waals surface area (Å²) in [5, 5.41) is 12.4. The monoisotopic (exact) mass is 1690 g/mol. The Hall–Kier alpha value is -7.74. The SMILES string of the molecule is CC(=O)c1cccc(N2CCC(NC(=O)N(C)C3CCN(S(C)(=O)=O)CC3)CC2)c1.CN(C(=O)NC1CCN(c2ccc(F)c(F)c2)CC1)C1CCN(S(C)(=O)=O)CC1.CN(C(=O)NC1CCN(c2ccccc2F)CC1)C1CCN(S(C)(=O)=O)CC1.Cc1ccccc1N1CCC(NC(=O)N(C)C2CCN(S(C)(=O)=O)CC2)CC1. The van der Waals surface area contributed by atoms with Gasteiger partial charge in [0, 0.05) is 210 Å². The van der Waals surface area contributed by atoms with Gasteiger partial charge in [-0.2, -0.15) is 0 Å². The maximum atomic E-state index is 13.9. The Morgan fingerprint density at radius 1 is 0.330 bits per heavy atom. The molecular formula is C79H121F3N16O13S4. The lowest BCUT2D eigenvalue weighted by Crippen LogP contribution is -2.53. The highest BCUT2D eigenvalue weighted by Crippen LogP contribution is 2.30. The molecule has 8 aliphatic rings. The van der Waals surface area contributed by atoms with E-state index in [0.29, 0.717) is 160 Å². The van der Waals surface area contributed by atoms with E-state index < -0.39 is 51.7 Å². The number of halogens is 3. The molecule has 8 saturated heterocycles. The van der Waals surface area contributed by atoms with Gasteiger partial charge in [0.15, 0.2) is 17.4 Å². The molecule has 0 aromatic heterocycles. The number of nitrogens with one attached hydrogen (secondary N) is 4. The highest BCUT2D eigenvalue weighted by molar-refractivity contribution is 7.89. The molecule has 0 aliphatic carbocycles. The summed E-state index contributed by atoms with van der Waals surface area (Å²) in [6, 6.07) is 26.9. The van der Waals surface area contributed by atoms with Crippen LogP contribution in [0, 0.1) is 24.4 Å². The van der Waals surface area contributed by atoms with Gasteiger partial charge < -0.3 is 60.5 Å². The Morgan fingerprint density at radius 3 is 0.913 bits per heavy atom. The number of piperidine rings is 8. The molecule has 4 aromatic carbocycles. The minimum atomic E-state index is -3.19. The summed E-state index contributed by atoms with van der Waals surface area (Å²) in [5.41, 5.74) is 5.58. The molecule has 12 rings (SSSR count). The van der Waals surface area contributed by atoms with E-state index in [1.54, 1.807) is 65.9 Å². The number of urea groups is 4. The van der Waals surface area contributed by atoms with Crippen LogP contribution >= 0.6 is 0 Å². The van der Waals surface area contributed by atoms with Gasteiger partial charge >= 0.3 is 24.1 Å². The number of nitrogens with zero attached hydrogens (tertiary/aromatic N) is 12. The first-order chi connectivity index (χ1) is 54.3. The van der Waals surface area contributed by atoms with Gasteiger partial charge in [-0.05, 0) is 165 Å². The third-order valence-electron chi connectivity index (χ3n) is 23.9. The van der Waals surface area contributed by atoms with Crippen LogP contribution in [-0.2, 0) is 40.1 Å². The molecule has 4 aromatic rings.